The maximum Gasteiger partial charge on any atom is 0.160 e. The molecule has 3 rings (SSSR count). The first-order valence-electron chi connectivity index (χ1n) is 9.45. The Kier molecular flexibility index (Phi) is 7.96. The van der Waals surface area contributed by atoms with Gasteiger partial charge in [-0.15, -0.1) is 12.4 Å². The Balaban J connectivity index is 0.00000261. The van der Waals surface area contributed by atoms with Crippen molar-refractivity contribution in [3.8, 4) is 11.5 Å². The summed E-state index contributed by atoms with van der Waals surface area (Å²) in [4.78, 5) is 2.39. The van der Waals surface area contributed by atoms with Crippen LogP contribution in [-0.4, -0.2) is 47.0 Å². The van der Waals surface area contributed by atoms with Gasteiger partial charge in [-0.3, -0.25) is 0 Å². The van der Waals surface area contributed by atoms with E-state index in [4.69, 9.17) is 4.74 Å². The van der Waals surface area contributed by atoms with Crippen molar-refractivity contribution in [2.45, 2.75) is 38.2 Å². The van der Waals surface area contributed by atoms with Gasteiger partial charge >= 0.3 is 0 Å². The fraction of sp³-hybridized carbons (Fsp3) is 0.455. The number of benzene rings is 2. The number of piperidine rings is 1. The molecule has 0 radical (unpaired) electrons. The number of likely N-dealkylation sites (tertiary alicyclic amines) is 1. The van der Waals surface area contributed by atoms with E-state index in [1.807, 2.05) is 6.07 Å². The van der Waals surface area contributed by atoms with Gasteiger partial charge in [-0.05, 0) is 43.9 Å². The summed E-state index contributed by atoms with van der Waals surface area (Å²) in [5, 5.41) is 20.6. The molecule has 148 valence electrons. The lowest BCUT2D eigenvalue weighted by molar-refractivity contribution is -0.0212. The molecule has 0 unspecified atom stereocenters. The van der Waals surface area contributed by atoms with Crippen LogP contribution < -0.4 is 4.74 Å². The molecule has 1 aliphatic heterocycles. The van der Waals surface area contributed by atoms with Crippen molar-refractivity contribution in [1.29, 1.82) is 0 Å². The average molecular weight is 392 g/mol. The second-order valence-corrected chi connectivity index (χ2v) is 7.40. The first-order chi connectivity index (χ1) is 12.5. The Labute approximate surface area is 168 Å². The molecule has 2 N–H and O–H groups in total. The quantitative estimate of drug-likeness (QED) is 0.701. The highest BCUT2D eigenvalue weighted by molar-refractivity contribution is 5.85. The van der Waals surface area contributed by atoms with E-state index < -0.39 is 5.60 Å². The molecule has 0 spiro atoms. The zero-order valence-electron chi connectivity index (χ0n) is 15.9. The molecular weight excluding hydrogens is 362 g/mol. The molecule has 2 aromatic rings. The zero-order valence-corrected chi connectivity index (χ0v) is 16.8. The summed E-state index contributed by atoms with van der Waals surface area (Å²) in [5.74, 6) is 0.727. The molecule has 4 nitrogen and oxygen atoms in total. The molecular formula is C22H30ClNO3. The van der Waals surface area contributed by atoms with E-state index in [2.05, 4.69) is 36.1 Å². The largest absolute Gasteiger partial charge is 0.504 e. The zero-order chi connectivity index (χ0) is 18.4. The van der Waals surface area contributed by atoms with Crippen LogP contribution >= 0.6 is 12.4 Å². The van der Waals surface area contributed by atoms with Gasteiger partial charge in [-0.2, -0.15) is 0 Å². The maximum atomic E-state index is 10.9. The predicted octanol–water partition coefficient (Wildman–Crippen LogP) is 3.96. The van der Waals surface area contributed by atoms with Crippen LogP contribution in [-0.2, 0) is 6.42 Å². The molecule has 0 aliphatic carbocycles. The summed E-state index contributed by atoms with van der Waals surface area (Å²) >= 11 is 0. The Morgan fingerprint density at radius 2 is 1.70 bits per heavy atom. The number of nitrogens with zero attached hydrogens (tertiary/aromatic N) is 1. The molecule has 0 bridgehead atoms. The molecule has 0 saturated carbocycles. The van der Waals surface area contributed by atoms with E-state index in [9.17, 15) is 10.2 Å². The van der Waals surface area contributed by atoms with Crippen molar-refractivity contribution in [1.82, 2.24) is 4.90 Å². The monoisotopic (exact) mass is 391 g/mol. The van der Waals surface area contributed by atoms with Gasteiger partial charge < -0.3 is 19.8 Å². The maximum absolute atomic E-state index is 10.9. The Bertz CT molecular complexity index is 697. The summed E-state index contributed by atoms with van der Waals surface area (Å²) in [7, 11) is 0. The number of hydrogen-bond donors (Lipinski definition) is 2. The summed E-state index contributed by atoms with van der Waals surface area (Å²) in [6.07, 6.45) is 3.25. The molecule has 1 fully saturated rings. The minimum absolute atomic E-state index is 0. The number of aromatic hydroxyl groups is 1. The van der Waals surface area contributed by atoms with Crippen LogP contribution in [0.5, 0.6) is 11.5 Å². The first kappa shape index (κ1) is 21.5. The lowest BCUT2D eigenvalue weighted by Gasteiger charge is -2.38. The van der Waals surface area contributed by atoms with Crippen LogP contribution in [0, 0.1) is 6.92 Å². The van der Waals surface area contributed by atoms with E-state index in [0.29, 0.717) is 12.4 Å². The number of para-hydroxylation sites is 2. The van der Waals surface area contributed by atoms with Gasteiger partial charge in [0.15, 0.2) is 11.5 Å². The lowest BCUT2D eigenvalue weighted by Crippen LogP contribution is -2.46. The molecule has 1 saturated heterocycles. The van der Waals surface area contributed by atoms with Crippen LogP contribution in [0.4, 0.5) is 0 Å². The van der Waals surface area contributed by atoms with Crippen molar-refractivity contribution in [3.05, 3.63) is 59.7 Å². The highest BCUT2D eigenvalue weighted by Crippen LogP contribution is 2.27. The van der Waals surface area contributed by atoms with Crippen LogP contribution in [0.2, 0.25) is 0 Å². The number of hydrogen-bond acceptors (Lipinski definition) is 4. The second kappa shape index (κ2) is 9.98. The number of aryl methyl sites for hydroxylation is 1. The number of aliphatic hydroxyl groups is 1. The van der Waals surface area contributed by atoms with Crippen molar-refractivity contribution in [2.24, 2.45) is 0 Å². The summed E-state index contributed by atoms with van der Waals surface area (Å²) in [6.45, 7) is 5.45. The smallest absolute Gasteiger partial charge is 0.160 e. The van der Waals surface area contributed by atoms with Crippen molar-refractivity contribution >= 4 is 12.4 Å². The van der Waals surface area contributed by atoms with Crippen LogP contribution in [0.3, 0.4) is 0 Å². The summed E-state index contributed by atoms with van der Waals surface area (Å²) in [6, 6.07) is 15.5. The third-order valence-electron chi connectivity index (χ3n) is 5.18. The fourth-order valence-electron chi connectivity index (χ4n) is 3.51. The normalized spacial score (nSPS) is 16.5. The van der Waals surface area contributed by atoms with Crippen molar-refractivity contribution in [3.63, 3.8) is 0 Å². The SMILES string of the molecule is Cc1ccc(CC2(O)CCN(CCCOc3ccccc3O)CC2)cc1.Cl. The minimum Gasteiger partial charge on any atom is -0.504 e. The summed E-state index contributed by atoms with van der Waals surface area (Å²) < 4.78 is 5.63. The van der Waals surface area contributed by atoms with Gasteiger partial charge in [0.25, 0.3) is 0 Å². The Morgan fingerprint density at radius 1 is 1.04 bits per heavy atom. The number of ether oxygens (including phenoxy) is 1. The second-order valence-electron chi connectivity index (χ2n) is 7.40. The van der Waals surface area contributed by atoms with E-state index in [-0.39, 0.29) is 18.2 Å². The van der Waals surface area contributed by atoms with E-state index in [1.54, 1.807) is 18.2 Å². The van der Waals surface area contributed by atoms with Gasteiger partial charge in [0.1, 0.15) is 0 Å². The first-order valence-corrected chi connectivity index (χ1v) is 9.45. The van der Waals surface area contributed by atoms with Crippen LogP contribution in [0.1, 0.15) is 30.4 Å². The highest BCUT2D eigenvalue weighted by Gasteiger charge is 2.32. The van der Waals surface area contributed by atoms with Gasteiger partial charge in [0.05, 0.1) is 12.2 Å². The van der Waals surface area contributed by atoms with Gasteiger partial charge in [-0.25, -0.2) is 0 Å². The molecule has 2 aromatic carbocycles. The van der Waals surface area contributed by atoms with Gasteiger partial charge in [-0.1, -0.05) is 42.0 Å². The number of phenolic OH excluding ortho intramolecular Hbond substituents is 1. The standard InChI is InChI=1S/C22H29NO3.ClH/c1-18-7-9-19(10-8-18)17-22(25)11-14-23(15-12-22)13-4-16-26-21-6-3-2-5-20(21)24;/h2-3,5-10,24-25H,4,11-17H2,1H3;1H. The minimum atomic E-state index is -0.585. The van der Waals surface area contributed by atoms with Crippen LogP contribution in [0.25, 0.3) is 0 Å². The Hall–Kier alpha value is -1.75. The number of halogens is 1. The van der Waals surface area contributed by atoms with Crippen molar-refractivity contribution < 1.29 is 14.9 Å². The lowest BCUT2D eigenvalue weighted by atomic mass is 9.85. The van der Waals surface area contributed by atoms with E-state index >= 15 is 0 Å². The third kappa shape index (κ3) is 6.42. The Morgan fingerprint density at radius 3 is 2.37 bits per heavy atom. The molecule has 27 heavy (non-hydrogen) atoms. The predicted molar refractivity (Wildman–Crippen MR) is 111 cm³/mol. The molecule has 1 aliphatic rings. The van der Waals surface area contributed by atoms with Gasteiger partial charge in [0.2, 0.25) is 0 Å². The average Bonchev–Trinajstić information content (AvgIpc) is 2.64. The van der Waals surface area contributed by atoms with Gasteiger partial charge in [0, 0.05) is 26.1 Å². The number of phenols is 1. The van der Waals surface area contributed by atoms with Crippen LogP contribution in [0.15, 0.2) is 48.5 Å². The molecule has 0 amide bonds. The summed E-state index contributed by atoms with van der Waals surface area (Å²) in [5.41, 5.74) is 1.88. The fourth-order valence-corrected chi connectivity index (χ4v) is 3.51. The highest BCUT2D eigenvalue weighted by atomic mass is 35.5. The topological polar surface area (TPSA) is 52.9 Å². The van der Waals surface area contributed by atoms with E-state index in [1.165, 1.54) is 11.1 Å². The molecule has 5 heteroatoms. The van der Waals surface area contributed by atoms with Crippen molar-refractivity contribution in [2.75, 3.05) is 26.2 Å². The molecule has 0 aromatic heterocycles. The molecule has 1 heterocycles. The third-order valence-corrected chi connectivity index (χ3v) is 5.18. The van der Waals surface area contributed by atoms with E-state index in [0.717, 1.165) is 45.3 Å². The molecule has 0 atom stereocenters. The number of rotatable bonds is 7.